The lowest BCUT2D eigenvalue weighted by atomic mass is 10.1. The Balaban J connectivity index is 0.000000791. The number of rotatable bonds is 3. The van der Waals surface area contributed by atoms with Gasteiger partial charge in [0.2, 0.25) is 0 Å². The molecule has 3 heteroatoms. The second kappa shape index (κ2) is 6.46. The lowest BCUT2D eigenvalue weighted by Gasteiger charge is -2.25. The van der Waals surface area contributed by atoms with Crippen LogP contribution < -0.4 is 0 Å². The summed E-state index contributed by atoms with van der Waals surface area (Å²) < 4.78 is 0. The van der Waals surface area contributed by atoms with Gasteiger partial charge in [-0.2, -0.15) is 0 Å². The molecule has 0 aromatic heterocycles. The smallest absolute Gasteiger partial charge is 0.305 e. The van der Waals surface area contributed by atoms with Gasteiger partial charge in [-0.25, -0.2) is 0 Å². The largest absolute Gasteiger partial charge is 0.481 e. The van der Waals surface area contributed by atoms with Crippen LogP contribution in [-0.2, 0) is 4.79 Å². The van der Waals surface area contributed by atoms with Gasteiger partial charge in [0.25, 0.3) is 0 Å². The van der Waals surface area contributed by atoms with Crippen molar-refractivity contribution in [1.29, 1.82) is 0 Å². The van der Waals surface area contributed by atoms with Crippen molar-refractivity contribution < 1.29 is 9.90 Å². The van der Waals surface area contributed by atoms with E-state index in [4.69, 9.17) is 5.11 Å². The normalized spacial score (nSPS) is 19.9. The molecule has 1 N–H and O–H groups in total. The molecule has 1 heterocycles. The minimum absolute atomic E-state index is 0.181. The molecule has 0 aliphatic carbocycles. The van der Waals surface area contributed by atoms with Gasteiger partial charge < -0.3 is 10.0 Å². The first-order valence-corrected chi connectivity index (χ1v) is 5.25. The molecule has 3 nitrogen and oxygen atoms in total. The molecule has 0 aromatic rings. The summed E-state index contributed by atoms with van der Waals surface area (Å²) in [7, 11) is 0. The third-order valence-corrected chi connectivity index (χ3v) is 2.28. The summed E-state index contributed by atoms with van der Waals surface area (Å²) in [5, 5.41) is 8.62. The zero-order chi connectivity index (χ0) is 11.1. The number of hydrogen-bond donors (Lipinski definition) is 1. The van der Waals surface area contributed by atoms with E-state index in [2.05, 4.69) is 11.5 Å². The molecule has 0 bridgehead atoms. The fourth-order valence-electron chi connectivity index (χ4n) is 1.75. The Hall–Kier alpha value is -0.990. The fourth-order valence-corrected chi connectivity index (χ4v) is 1.75. The van der Waals surface area contributed by atoms with Gasteiger partial charge in [-0.3, -0.25) is 4.79 Å². The summed E-state index contributed by atoms with van der Waals surface area (Å²) in [6, 6.07) is 0.181. The number of carboxylic acid groups (broad SMARTS) is 1. The topological polar surface area (TPSA) is 40.5 Å². The van der Waals surface area contributed by atoms with Crippen LogP contribution in [0.3, 0.4) is 0 Å². The first kappa shape index (κ1) is 13.0. The zero-order valence-electron chi connectivity index (χ0n) is 9.42. The highest BCUT2D eigenvalue weighted by molar-refractivity contribution is 5.67. The van der Waals surface area contributed by atoms with E-state index in [9.17, 15) is 4.79 Å². The predicted molar refractivity (Wildman–Crippen MR) is 58.1 cm³/mol. The van der Waals surface area contributed by atoms with E-state index in [1.54, 1.807) is 0 Å². The SMILES string of the molecule is C=C(C)N1CCC[C@H]1CC(=O)O.CC. The Morgan fingerprint density at radius 1 is 1.57 bits per heavy atom. The monoisotopic (exact) mass is 199 g/mol. The molecule has 0 spiro atoms. The standard InChI is InChI=1S/C9H15NO2.C2H6/c1-7(2)10-5-3-4-8(10)6-9(11)12;1-2/h8H,1,3-6H2,2H3,(H,11,12);1-2H3/t8-;/m0./s1. The summed E-state index contributed by atoms with van der Waals surface area (Å²) in [5.74, 6) is -0.715. The van der Waals surface area contributed by atoms with Crippen molar-refractivity contribution in [2.24, 2.45) is 0 Å². The van der Waals surface area contributed by atoms with Crippen molar-refractivity contribution in [1.82, 2.24) is 4.90 Å². The Morgan fingerprint density at radius 2 is 2.14 bits per heavy atom. The van der Waals surface area contributed by atoms with Crippen LogP contribution in [0.4, 0.5) is 0 Å². The highest BCUT2D eigenvalue weighted by Crippen LogP contribution is 2.23. The summed E-state index contributed by atoms with van der Waals surface area (Å²) in [6.07, 6.45) is 2.32. The lowest BCUT2D eigenvalue weighted by Crippen LogP contribution is -2.29. The second-order valence-electron chi connectivity index (χ2n) is 3.32. The maximum Gasteiger partial charge on any atom is 0.305 e. The number of allylic oxidation sites excluding steroid dienone is 1. The molecule has 1 aliphatic rings. The molecule has 1 atom stereocenters. The van der Waals surface area contributed by atoms with E-state index in [0.29, 0.717) is 0 Å². The van der Waals surface area contributed by atoms with Crippen LogP contribution in [0.5, 0.6) is 0 Å². The van der Waals surface area contributed by atoms with Gasteiger partial charge in [0, 0.05) is 18.3 Å². The number of carbonyl (C=O) groups is 1. The minimum Gasteiger partial charge on any atom is -0.481 e. The first-order chi connectivity index (χ1) is 6.61. The highest BCUT2D eigenvalue weighted by atomic mass is 16.4. The zero-order valence-corrected chi connectivity index (χ0v) is 9.42. The molecule has 1 fully saturated rings. The molecule has 1 saturated heterocycles. The highest BCUT2D eigenvalue weighted by Gasteiger charge is 2.25. The molecule has 1 aliphatic heterocycles. The third-order valence-electron chi connectivity index (χ3n) is 2.28. The number of likely N-dealkylation sites (tertiary alicyclic amines) is 1. The van der Waals surface area contributed by atoms with E-state index in [1.165, 1.54) is 0 Å². The van der Waals surface area contributed by atoms with Crippen LogP contribution in [0.25, 0.3) is 0 Å². The minimum atomic E-state index is -0.715. The molecule has 1 rings (SSSR count). The first-order valence-electron chi connectivity index (χ1n) is 5.25. The van der Waals surface area contributed by atoms with Crippen LogP contribution in [0.2, 0.25) is 0 Å². The quantitative estimate of drug-likeness (QED) is 0.759. The van der Waals surface area contributed by atoms with Crippen molar-refractivity contribution >= 4 is 5.97 Å². The van der Waals surface area contributed by atoms with Crippen molar-refractivity contribution in [2.45, 2.75) is 46.1 Å². The van der Waals surface area contributed by atoms with Gasteiger partial charge in [-0.05, 0) is 19.8 Å². The average Bonchev–Trinajstić information content (AvgIpc) is 2.55. The molecule has 0 radical (unpaired) electrons. The van der Waals surface area contributed by atoms with Crippen molar-refractivity contribution in [2.75, 3.05) is 6.54 Å². The summed E-state index contributed by atoms with van der Waals surface area (Å²) >= 11 is 0. The molecule has 0 unspecified atom stereocenters. The van der Waals surface area contributed by atoms with Crippen molar-refractivity contribution in [3.05, 3.63) is 12.3 Å². The fraction of sp³-hybridized carbons (Fsp3) is 0.727. The van der Waals surface area contributed by atoms with Crippen LogP contribution >= 0.6 is 0 Å². The van der Waals surface area contributed by atoms with Gasteiger partial charge in [0.05, 0.1) is 6.42 Å². The van der Waals surface area contributed by atoms with Gasteiger partial charge >= 0.3 is 5.97 Å². The maximum atomic E-state index is 10.5. The number of carboxylic acids is 1. The number of hydrogen-bond acceptors (Lipinski definition) is 2. The predicted octanol–water partition coefficient (Wildman–Crippen LogP) is 2.49. The Morgan fingerprint density at radius 3 is 2.57 bits per heavy atom. The Kier molecular flexibility index (Phi) is 6.00. The molecule has 0 saturated carbocycles. The summed E-state index contributed by atoms with van der Waals surface area (Å²) in [4.78, 5) is 12.6. The number of nitrogens with zero attached hydrogens (tertiary/aromatic N) is 1. The second-order valence-corrected chi connectivity index (χ2v) is 3.32. The molecule has 14 heavy (non-hydrogen) atoms. The van der Waals surface area contributed by atoms with E-state index in [1.807, 2.05) is 20.8 Å². The Labute approximate surface area is 86.4 Å². The van der Waals surface area contributed by atoms with Crippen molar-refractivity contribution in [3.8, 4) is 0 Å². The lowest BCUT2D eigenvalue weighted by molar-refractivity contribution is -0.138. The maximum absolute atomic E-state index is 10.5. The van der Waals surface area contributed by atoms with Crippen LogP contribution in [-0.4, -0.2) is 28.6 Å². The van der Waals surface area contributed by atoms with Crippen LogP contribution in [0.15, 0.2) is 12.3 Å². The van der Waals surface area contributed by atoms with E-state index < -0.39 is 5.97 Å². The van der Waals surface area contributed by atoms with E-state index in [-0.39, 0.29) is 12.5 Å². The average molecular weight is 199 g/mol. The Bertz CT molecular complexity index is 201. The summed E-state index contributed by atoms with van der Waals surface area (Å²) in [6.45, 7) is 10.7. The van der Waals surface area contributed by atoms with Crippen molar-refractivity contribution in [3.63, 3.8) is 0 Å². The molecule has 82 valence electrons. The van der Waals surface area contributed by atoms with Gasteiger partial charge in [-0.1, -0.05) is 20.4 Å². The summed E-state index contributed by atoms with van der Waals surface area (Å²) in [5.41, 5.74) is 0.985. The van der Waals surface area contributed by atoms with E-state index in [0.717, 1.165) is 25.1 Å². The molecule has 0 amide bonds. The molecular weight excluding hydrogens is 178 g/mol. The third kappa shape index (κ3) is 3.81. The number of aliphatic carboxylic acids is 1. The van der Waals surface area contributed by atoms with Gasteiger partial charge in [0.15, 0.2) is 0 Å². The molecular formula is C11H21NO2. The molecule has 0 aromatic carbocycles. The van der Waals surface area contributed by atoms with Crippen LogP contribution in [0, 0.1) is 0 Å². The van der Waals surface area contributed by atoms with Gasteiger partial charge in [0.1, 0.15) is 0 Å². The van der Waals surface area contributed by atoms with E-state index >= 15 is 0 Å². The van der Waals surface area contributed by atoms with Gasteiger partial charge in [-0.15, -0.1) is 0 Å². The van der Waals surface area contributed by atoms with Crippen LogP contribution in [0.1, 0.15) is 40.0 Å².